The van der Waals surface area contributed by atoms with Crippen molar-refractivity contribution in [3.05, 3.63) is 17.3 Å². The molecular formula is C8H10BF3NO2-. The molecule has 0 saturated carbocycles. The average molecular weight is 220 g/mol. The molecule has 1 aromatic heterocycles. The van der Waals surface area contributed by atoms with Crippen molar-refractivity contribution in [2.24, 2.45) is 0 Å². The lowest BCUT2D eigenvalue weighted by Crippen LogP contribution is -2.35. The van der Waals surface area contributed by atoms with E-state index >= 15 is 0 Å². The zero-order chi connectivity index (χ0) is 11.6. The number of hydrogen-bond donors (Lipinski definition) is 1. The van der Waals surface area contributed by atoms with Gasteiger partial charge in [-0.05, 0) is 19.4 Å². The summed E-state index contributed by atoms with van der Waals surface area (Å²) >= 11 is 0. The third-order valence-electron chi connectivity index (χ3n) is 1.88. The summed E-state index contributed by atoms with van der Waals surface area (Å²) in [5.41, 5.74) is -0.774. The molecule has 1 rings (SSSR count). The molecular weight excluding hydrogens is 210 g/mol. The van der Waals surface area contributed by atoms with Gasteiger partial charge in [0.1, 0.15) is 0 Å². The second-order valence-electron chi connectivity index (χ2n) is 3.06. The summed E-state index contributed by atoms with van der Waals surface area (Å²) in [4.78, 5) is 13.3. The minimum Gasteiger partial charge on any atom is -0.462 e. The van der Waals surface area contributed by atoms with E-state index < -0.39 is 18.5 Å². The van der Waals surface area contributed by atoms with Crippen LogP contribution in [0.15, 0.2) is 6.07 Å². The Balaban J connectivity index is 3.02. The van der Waals surface area contributed by atoms with Gasteiger partial charge in [-0.3, -0.25) is 0 Å². The van der Waals surface area contributed by atoms with Crippen molar-refractivity contribution in [1.82, 2.24) is 4.98 Å². The number of carbonyl (C=O) groups is 1. The van der Waals surface area contributed by atoms with Gasteiger partial charge in [-0.25, -0.2) is 4.79 Å². The van der Waals surface area contributed by atoms with Gasteiger partial charge in [0.05, 0.1) is 12.2 Å². The third-order valence-corrected chi connectivity index (χ3v) is 1.88. The van der Waals surface area contributed by atoms with E-state index in [4.69, 9.17) is 0 Å². The summed E-state index contributed by atoms with van der Waals surface area (Å²) < 4.78 is 41.5. The van der Waals surface area contributed by atoms with Gasteiger partial charge in [0.2, 0.25) is 0 Å². The molecule has 0 radical (unpaired) electrons. The van der Waals surface area contributed by atoms with E-state index in [9.17, 15) is 17.7 Å². The molecule has 0 aliphatic heterocycles. The van der Waals surface area contributed by atoms with Crippen LogP contribution in [-0.4, -0.2) is 24.5 Å². The number of nitrogens with one attached hydrogen (secondary N) is 1. The molecule has 84 valence electrons. The summed E-state index contributed by atoms with van der Waals surface area (Å²) in [6.07, 6.45) is 0. The Labute approximate surface area is 84.7 Å². The molecule has 1 N–H and O–H groups in total. The van der Waals surface area contributed by atoms with Crippen LogP contribution in [0.2, 0.25) is 0 Å². The van der Waals surface area contributed by atoms with Gasteiger partial charge in [0.15, 0.2) is 0 Å². The summed E-state index contributed by atoms with van der Waals surface area (Å²) in [5.74, 6) is -0.738. The van der Waals surface area contributed by atoms with Gasteiger partial charge >= 0.3 is 12.9 Å². The van der Waals surface area contributed by atoms with E-state index in [0.29, 0.717) is 0 Å². The minimum absolute atomic E-state index is 0.0638. The number of hydrogen-bond acceptors (Lipinski definition) is 2. The monoisotopic (exact) mass is 220 g/mol. The van der Waals surface area contributed by atoms with E-state index in [0.717, 1.165) is 6.07 Å². The number of halogens is 3. The van der Waals surface area contributed by atoms with Crippen molar-refractivity contribution in [1.29, 1.82) is 0 Å². The standard InChI is InChI=1S/C8H10BF3NO2/c1-3-15-8(14)6-4-7(9(10,11)12)13-5(6)2/h4,13H,3H2,1-2H3/q-1. The van der Waals surface area contributed by atoms with Crippen LogP contribution < -0.4 is 5.59 Å². The van der Waals surface area contributed by atoms with Gasteiger partial charge in [-0.1, -0.05) is 6.07 Å². The van der Waals surface area contributed by atoms with E-state index in [1.54, 1.807) is 6.92 Å². The van der Waals surface area contributed by atoms with E-state index in [2.05, 4.69) is 9.72 Å². The van der Waals surface area contributed by atoms with Gasteiger partial charge in [0.25, 0.3) is 0 Å². The first kappa shape index (κ1) is 11.7. The molecule has 0 bridgehead atoms. The van der Waals surface area contributed by atoms with E-state index in [1.807, 2.05) is 0 Å². The van der Waals surface area contributed by atoms with Gasteiger partial charge in [-0.2, -0.15) is 0 Å². The molecule has 0 unspecified atom stereocenters. The predicted molar refractivity (Wildman–Crippen MR) is 50.2 cm³/mol. The number of aryl methyl sites for hydroxylation is 1. The molecule has 1 heterocycles. The lowest BCUT2D eigenvalue weighted by molar-refractivity contribution is 0.0526. The highest BCUT2D eigenvalue weighted by Crippen LogP contribution is 2.13. The number of carbonyl (C=O) groups excluding carboxylic acids is 1. The van der Waals surface area contributed by atoms with Crippen molar-refractivity contribution in [2.75, 3.05) is 6.61 Å². The SMILES string of the molecule is CCOC(=O)c1cc([B-](F)(F)F)[nH]c1C. The van der Waals surface area contributed by atoms with Gasteiger partial charge in [-0.15, -0.1) is 0 Å². The van der Waals surface area contributed by atoms with Crippen molar-refractivity contribution in [2.45, 2.75) is 13.8 Å². The second-order valence-corrected chi connectivity index (χ2v) is 3.06. The van der Waals surface area contributed by atoms with Crippen LogP contribution in [0, 0.1) is 6.92 Å². The molecule has 0 aliphatic rings. The van der Waals surface area contributed by atoms with Crippen molar-refractivity contribution in [3.63, 3.8) is 0 Å². The summed E-state index contributed by atoms with van der Waals surface area (Å²) in [6.45, 7) is -1.98. The topological polar surface area (TPSA) is 42.1 Å². The maximum atomic E-state index is 12.3. The van der Waals surface area contributed by atoms with Crippen molar-refractivity contribution < 1.29 is 22.5 Å². The largest absolute Gasteiger partial charge is 0.525 e. The normalized spacial score (nSPS) is 11.5. The Bertz CT molecular complexity index is 372. The van der Waals surface area contributed by atoms with Crippen LogP contribution in [0.4, 0.5) is 12.9 Å². The molecule has 0 aliphatic carbocycles. The highest BCUT2D eigenvalue weighted by molar-refractivity contribution is 6.72. The Morgan fingerprint density at radius 2 is 2.13 bits per heavy atom. The number of esters is 1. The van der Waals surface area contributed by atoms with Crippen LogP contribution in [0.3, 0.4) is 0 Å². The lowest BCUT2D eigenvalue weighted by atomic mass is 9.86. The van der Waals surface area contributed by atoms with Crippen LogP contribution in [-0.2, 0) is 4.74 Å². The molecule has 3 nitrogen and oxygen atoms in total. The van der Waals surface area contributed by atoms with Crippen LogP contribution in [0.5, 0.6) is 0 Å². The van der Waals surface area contributed by atoms with Crippen molar-refractivity contribution >= 4 is 18.5 Å². The fourth-order valence-electron chi connectivity index (χ4n) is 1.18. The summed E-state index contributed by atoms with van der Waals surface area (Å²) in [6, 6.07) is 0.785. The zero-order valence-electron chi connectivity index (χ0n) is 8.31. The lowest BCUT2D eigenvalue weighted by Gasteiger charge is -2.10. The number of H-pyrrole nitrogens is 1. The smallest absolute Gasteiger partial charge is 0.462 e. The number of ether oxygens (including phenoxy) is 1. The molecule has 1 aromatic rings. The Morgan fingerprint density at radius 1 is 1.53 bits per heavy atom. The third kappa shape index (κ3) is 2.54. The maximum Gasteiger partial charge on any atom is 0.525 e. The Kier molecular flexibility index (Phi) is 3.11. The number of aromatic amines is 1. The average Bonchev–Trinajstić information content (AvgIpc) is 2.47. The highest BCUT2D eigenvalue weighted by Gasteiger charge is 2.29. The van der Waals surface area contributed by atoms with E-state index in [-0.39, 0.29) is 17.9 Å². The summed E-state index contributed by atoms with van der Waals surface area (Å²) in [5, 5.41) is 0. The van der Waals surface area contributed by atoms with Crippen LogP contribution >= 0.6 is 0 Å². The highest BCUT2D eigenvalue weighted by atomic mass is 19.4. The maximum absolute atomic E-state index is 12.3. The summed E-state index contributed by atoms with van der Waals surface area (Å²) in [7, 11) is 0. The molecule has 0 atom stereocenters. The first-order valence-corrected chi connectivity index (χ1v) is 4.42. The first-order chi connectivity index (χ1) is 6.86. The molecule has 0 aromatic carbocycles. The van der Waals surface area contributed by atoms with Crippen molar-refractivity contribution in [3.8, 4) is 0 Å². The molecule has 0 saturated heterocycles. The molecule has 0 fully saturated rings. The molecule has 15 heavy (non-hydrogen) atoms. The minimum atomic E-state index is -5.11. The fourth-order valence-corrected chi connectivity index (χ4v) is 1.18. The first-order valence-electron chi connectivity index (χ1n) is 4.42. The second kappa shape index (κ2) is 4.00. The van der Waals surface area contributed by atoms with Crippen LogP contribution in [0.25, 0.3) is 0 Å². The zero-order valence-corrected chi connectivity index (χ0v) is 8.31. The number of aromatic nitrogens is 1. The molecule has 7 heteroatoms. The molecule has 0 amide bonds. The quantitative estimate of drug-likeness (QED) is 0.620. The Morgan fingerprint density at radius 3 is 2.53 bits per heavy atom. The van der Waals surface area contributed by atoms with Gasteiger partial charge in [0, 0.05) is 5.69 Å². The fraction of sp³-hybridized carbons (Fsp3) is 0.375. The van der Waals surface area contributed by atoms with Gasteiger partial charge < -0.3 is 22.7 Å². The van der Waals surface area contributed by atoms with E-state index in [1.165, 1.54) is 6.92 Å². The Hall–Kier alpha value is -1.40. The predicted octanol–water partition coefficient (Wildman–Crippen LogP) is 1.55. The molecule has 0 spiro atoms. The van der Waals surface area contributed by atoms with Crippen LogP contribution in [0.1, 0.15) is 23.0 Å². The number of rotatable bonds is 3.